The highest BCUT2D eigenvalue weighted by molar-refractivity contribution is 6.00. The van der Waals surface area contributed by atoms with Crippen molar-refractivity contribution in [2.75, 3.05) is 31.6 Å². The van der Waals surface area contributed by atoms with Crippen LogP contribution >= 0.6 is 0 Å². The number of fused-ring (bicyclic) bond motifs is 3. The minimum absolute atomic E-state index is 0.112. The molecule has 3 aliphatic heterocycles. The smallest absolute Gasteiger partial charge is 0.328 e. The highest BCUT2D eigenvalue weighted by atomic mass is 16.2. The quantitative estimate of drug-likeness (QED) is 0.807. The van der Waals surface area contributed by atoms with Gasteiger partial charge in [0.15, 0.2) is 0 Å². The molecule has 0 spiro atoms. The Morgan fingerprint density at radius 3 is 2.66 bits per heavy atom. The molecule has 3 saturated heterocycles. The number of nitrogens with one attached hydrogen (secondary N) is 1. The summed E-state index contributed by atoms with van der Waals surface area (Å²) in [6, 6.07) is 17.7. The van der Waals surface area contributed by atoms with E-state index in [2.05, 4.69) is 46.3 Å². The summed E-state index contributed by atoms with van der Waals surface area (Å²) >= 11 is 0. The third kappa shape index (κ3) is 3.57. The maximum atomic E-state index is 13.5. The molecule has 32 heavy (non-hydrogen) atoms. The van der Waals surface area contributed by atoms with Crippen molar-refractivity contribution in [2.24, 2.45) is 0 Å². The van der Waals surface area contributed by atoms with Crippen molar-refractivity contribution in [3.05, 3.63) is 71.8 Å². The minimum Gasteiger partial charge on any atom is -0.343 e. The Labute approximate surface area is 188 Å². The lowest BCUT2D eigenvalue weighted by molar-refractivity contribution is -0.138. The topological polar surface area (TPSA) is 59.1 Å². The lowest BCUT2D eigenvalue weighted by Crippen LogP contribution is -2.66. The molecule has 5 rings (SSSR count). The summed E-state index contributed by atoms with van der Waals surface area (Å²) in [5, 5.41) is 3.57. The van der Waals surface area contributed by atoms with Crippen LogP contribution in [0.15, 0.2) is 60.7 Å². The van der Waals surface area contributed by atoms with E-state index >= 15 is 0 Å². The van der Waals surface area contributed by atoms with Crippen LogP contribution in [0.25, 0.3) is 6.08 Å². The summed E-state index contributed by atoms with van der Waals surface area (Å²) in [4.78, 5) is 34.1. The second-order valence-corrected chi connectivity index (χ2v) is 8.71. The number of carbonyl (C=O) groups is 2. The molecule has 2 aromatic carbocycles. The molecule has 3 heterocycles. The van der Waals surface area contributed by atoms with Gasteiger partial charge in [0.1, 0.15) is 18.5 Å². The fourth-order valence-electron chi connectivity index (χ4n) is 5.02. The minimum atomic E-state index is -0.388. The molecule has 1 N–H and O–H groups in total. The number of nitrogens with zero attached hydrogens (tertiary/aromatic N) is 4. The van der Waals surface area contributed by atoms with E-state index in [1.54, 1.807) is 11.9 Å². The molecule has 0 bridgehead atoms. The van der Waals surface area contributed by atoms with Crippen LogP contribution in [0.3, 0.4) is 0 Å². The second kappa shape index (κ2) is 8.41. The van der Waals surface area contributed by atoms with Crippen molar-refractivity contribution in [1.82, 2.24) is 20.0 Å². The highest BCUT2D eigenvalue weighted by Crippen LogP contribution is 2.33. The first-order valence-electron chi connectivity index (χ1n) is 11.2. The van der Waals surface area contributed by atoms with Crippen LogP contribution in [-0.4, -0.2) is 71.8 Å². The Hall–Kier alpha value is -3.16. The van der Waals surface area contributed by atoms with E-state index in [-0.39, 0.29) is 37.0 Å². The van der Waals surface area contributed by atoms with E-state index in [1.807, 2.05) is 42.5 Å². The molecule has 0 aliphatic carbocycles. The van der Waals surface area contributed by atoms with E-state index in [1.165, 1.54) is 10.5 Å². The number of rotatable bonds is 4. The number of benzene rings is 2. The molecule has 0 saturated carbocycles. The number of aryl methyl sites for hydroxylation is 1. The van der Waals surface area contributed by atoms with Crippen LogP contribution in [0.5, 0.6) is 0 Å². The first-order valence-corrected chi connectivity index (χ1v) is 11.2. The summed E-state index contributed by atoms with van der Waals surface area (Å²) < 4.78 is 0. The maximum absolute atomic E-state index is 13.5. The van der Waals surface area contributed by atoms with Gasteiger partial charge in [0.25, 0.3) is 5.91 Å². The Balaban J connectivity index is 1.38. The maximum Gasteiger partial charge on any atom is 0.328 e. The molecular formula is C25H29N5O2. The molecule has 0 radical (unpaired) electrons. The van der Waals surface area contributed by atoms with E-state index in [9.17, 15) is 9.59 Å². The number of hydrogen-bond acceptors (Lipinski definition) is 5. The SMILES string of the molecule is Cc1cccc(N2CCCN3C4C(=O)N(C/C=C/c5ccccc5)C(=O)N(C)C4NC23)c1. The monoisotopic (exact) mass is 431 g/mol. The molecule has 7 nitrogen and oxygen atoms in total. The van der Waals surface area contributed by atoms with Gasteiger partial charge in [-0.3, -0.25) is 19.9 Å². The van der Waals surface area contributed by atoms with Crippen LogP contribution in [0.4, 0.5) is 10.5 Å². The van der Waals surface area contributed by atoms with Gasteiger partial charge in [-0.15, -0.1) is 0 Å². The Morgan fingerprint density at radius 1 is 1.06 bits per heavy atom. The van der Waals surface area contributed by atoms with Crippen molar-refractivity contribution in [3.8, 4) is 0 Å². The molecule has 7 heteroatoms. The summed E-state index contributed by atoms with van der Waals surface area (Å²) in [5.74, 6) is -0.128. The van der Waals surface area contributed by atoms with Crippen molar-refractivity contribution in [2.45, 2.75) is 31.8 Å². The van der Waals surface area contributed by atoms with Gasteiger partial charge in [-0.05, 0) is 36.6 Å². The predicted octanol–water partition coefficient (Wildman–Crippen LogP) is 2.70. The molecule has 166 valence electrons. The van der Waals surface area contributed by atoms with Crippen molar-refractivity contribution in [3.63, 3.8) is 0 Å². The number of anilines is 1. The standard InChI is InChI=1S/C25H29N5O2/c1-18-9-6-13-20(17-18)28-15-8-16-29-21-22(26-24(28)29)27(2)25(32)30(23(21)31)14-7-12-19-10-4-3-5-11-19/h3-7,9-13,17,21-22,24,26H,8,14-16H2,1-2H3/b12-7+. The Bertz CT molecular complexity index is 1040. The number of imide groups is 1. The first-order chi connectivity index (χ1) is 15.5. The summed E-state index contributed by atoms with van der Waals surface area (Å²) in [6.07, 6.45) is 4.35. The zero-order valence-corrected chi connectivity index (χ0v) is 18.5. The van der Waals surface area contributed by atoms with Crippen LogP contribution < -0.4 is 10.2 Å². The zero-order valence-electron chi connectivity index (χ0n) is 18.5. The highest BCUT2D eigenvalue weighted by Gasteiger charge is 2.55. The van der Waals surface area contributed by atoms with E-state index < -0.39 is 0 Å². The number of amides is 3. The summed E-state index contributed by atoms with van der Waals surface area (Å²) in [7, 11) is 1.78. The van der Waals surface area contributed by atoms with Crippen LogP contribution in [0, 0.1) is 6.92 Å². The number of urea groups is 1. The molecule has 3 atom stereocenters. The van der Waals surface area contributed by atoms with Crippen molar-refractivity contribution >= 4 is 23.7 Å². The molecule has 3 amide bonds. The second-order valence-electron chi connectivity index (χ2n) is 8.71. The average molecular weight is 432 g/mol. The molecule has 3 unspecified atom stereocenters. The van der Waals surface area contributed by atoms with Gasteiger partial charge >= 0.3 is 6.03 Å². The van der Waals surface area contributed by atoms with Crippen LogP contribution in [0.1, 0.15) is 17.5 Å². The first kappa shape index (κ1) is 20.7. The molecule has 3 fully saturated rings. The van der Waals surface area contributed by atoms with Crippen LogP contribution in [0.2, 0.25) is 0 Å². The van der Waals surface area contributed by atoms with Gasteiger partial charge in [0.05, 0.1) is 0 Å². The number of carbonyl (C=O) groups excluding carboxylic acids is 2. The summed E-state index contributed by atoms with van der Waals surface area (Å²) in [6.45, 7) is 4.08. The Kier molecular flexibility index (Phi) is 5.45. The van der Waals surface area contributed by atoms with E-state index in [4.69, 9.17) is 0 Å². The largest absolute Gasteiger partial charge is 0.343 e. The molecule has 3 aliphatic rings. The Morgan fingerprint density at radius 2 is 1.88 bits per heavy atom. The average Bonchev–Trinajstić information content (AvgIpc) is 3.20. The number of likely N-dealkylation sites (N-methyl/N-ethyl adjacent to an activating group) is 1. The molecular weight excluding hydrogens is 402 g/mol. The fourth-order valence-corrected chi connectivity index (χ4v) is 5.02. The van der Waals surface area contributed by atoms with Crippen molar-refractivity contribution in [1.29, 1.82) is 0 Å². The predicted molar refractivity (Wildman–Crippen MR) is 125 cm³/mol. The van der Waals surface area contributed by atoms with Gasteiger partial charge in [-0.1, -0.05) is 54.6 Å². The fraction of sp³-hybridized carbons (Fsp3) is 0.360. The third-order valence-corrected chi connectivity index (χ3v) is 6.60. The number of hydrogen-bond donors (Lipinski definition) is 1. The molecule has 2 aromatic rings. The van der Waals surface area contributed by atoms with Crippen molar-refractivity contribution < 1.29 is 9.59 Å². The van der Waals surface area contributed by atoms with Gasteiger partial charge in [-0.2, -0.15) is 0 Å². The lowest BCUT2D eigenvalue weighted by Gasteiger charge is -2.43. The van der Waals surface area contributed by atoms with E-state index in [0.717, 1.165) is 30.8 Å². The zero-order chi connectivity index (χ0) is 22.2. The lowest BCUT2D eigenvalue weighted by atomic mass is 10.1. The van der Waals surface area contributed by atoms with Gasteiger partial charge in [-0.25, -0.2) is 4.79 Å². The van der Waals surface area contributed by atoms with Crippen LogP contribution in [-0.2, 0) is 4.79 Å². The third-order valence-electron chi connectivity index (χ3n) is 6.60. The summed E-state index contributed by atoms with van der Waals surface area (Å²) in [5.41, 5.74) is 3.38. The van der Waals surface area contributed by atoms with Gasteiger partial charge in [0.2, 0.25) is 0 Å². The molecule has 0 aromatic heterocycles. The normalized spacial score (nSPS) is 26.1. The van der Waals surface area contributed by atoms with Gasteiger partial charge in [0, 0.05) is 32.4 Å². The van der Waals surface area contributed by atoms with Gasteiger partial charge < -0.3 is 9.80 Å². The van der Waals surface area contributed by atoms with E-state index in [0.29, 0.717) is 0 Å².